The standard InChI is InChI=1S/C11H13NO/c1-7-3-6-10(13)11-9(7)5-4-8(2)12-11/h4-5,7H,3,6H2,1-2H3. The van der Waals surface area contributed by atoms with Gasteiger partial charge in [-0.05, 0) is 30.9 Å². The molecular formula is C11H13NO. The number of carbonyl (C=O) groups excluding carboxylic acids is 1. The summed E-state index contributed by atoms with van der Waals surface area (Å²) in [6.07, 6.45) is 1.63. The Labute approximate surface area is 78.0 Å². The van der Waals surface area contributed by atoms with Gasteiger partial charge in [0, 0.05) is 12.1 Å². The van der Waals surface area contributed by atoms with E-state index in [0.717, 1.165) is 17.7 Å². The van der Waals surface area contributed by atoms with Gasteiger partial charge in [-0.15, -0.1) is 0 Å². The zero-order valence-electron chi connectivity index (χ0n) is 8.00. The third-order valence-electron chi connectivity index (χ3n) is 2.67. The number of Topliss-reactive ketones (excluding diaryl/α,β-unsaturated/α-hetero) is 1. The van der Waals surface area contributed by atoms with Gasteiger partial charge in [-0.2, -0.15) is 0 Å². The minimum absolute atomic E-state index is 0.205. The highest BCUT2D eigenvalue weighted by molar-refractivity contribution is 5.96. The van der Waals surface area contributed by atoms with Crippen LogP contribution in [0, 0.1) is 6.92 Å². The number of aryl methyl sites for hydroxylation is 1. The summed E-state index contributed by atoms with van der Waals surface area (Å²) >= 11 is 0. The molecule has 0 amide bonds. The van der Waals surface area contributed by atoms with Crippen LogP contribution in [0.2, 0.25) is 0 Å². The van der Waals surface area contributed by atoms with E-state index in [1.165, 1.54) is 0 Å². The van der Waals surface area contributed by atoms with Crippen LogP contribution in [0.4, 0.5) is 0 Å². The third-order valence-corrected chi connectivity index (χ3v) is 2.67. The van der Waals surface area contributed by atoms with E-state index < -0.39 is 0 Å². The SMILES string of the molecule is Cc1ccc2c(n1)C(=O)CCC2C. The molecule has 0 aromatic carbocycles. The lowest BCUT2D eigenvalue weighted by molar-refractivity contribution is 0.0962. The van der Waals surface area contributed by atoms with Gasteiger partial charge in [-0.1, -0.05) is 13.0 Å². The van der Waals surface area contributed by atoms with E-state index in [0.29, 0.717) is 18.0 Å². The van der Waals surface area contributed by atoms with Crippen molar-refractivity contribution in [1.29, 1.82) is 0 Å². The fourth-order valence-electron chi connectivity index (χ4n) is 1.81. The molecule has 0 N–H and O–H groups in total. The van der Waals surface area contributed by atoms with Crippen molar-refractivity contribution in [3.05, 3.63) is 29.1 Å². The fourth-order valence-corrected chi connectivity index (χ4v) is 1.81. The average molecular weight is 175 g/mol. The van der Waals surface area contributed by atoms with E-state index in [9.17, 15) is 4.79 Å². The largest absolute Gasteiger partial charge is 0.292 e. The van der Waals surface area contributed by atoms with Crippen LogP contribution in [0.3, 0.4) is 0 Å². The van der Waals surface area contributed by atoms with Crippen molar-refractivity contribution in [3.63, 3.8) is 0 Å². The molecule has 2 heteroatoms. The minimum Gasteiger partial charge on any atom is -0.292 e. The van der Waals surface area contributed by atoms with Gasteiger partial charge in [0.05, 0.1) is 0 Å². The summed E-state index contributed by atoms with van der Waals surface area (Å²) in [7, 11) is 0. The van der Waals surface area contributed by atoms with Crippen LogP contribution < -0.4 is 0 Å². The summed E-state index contributed by atoms with van der Waals surface area (Å²) in [5.74, 6) is 0.692. The summed E-state index contributed by atoms with van der Waals surface area (Å²) in [6.45, 7) is 4.08. The number of hydrogen-bond donors (Lipinski definition) is 0. The molecule has 2 rings (SSSR count). The second kappa shape index (κ2) is 2.95. The topological polar surface area (TPSA) is 30.0 Å². The van der Waals surface area contributed by atoms with E-state index in [-0.39, 0.29) is 5.78 Å². The van der Waals surface area contributed by atoms with Gasteiger partial charge in [0.15, 0.2) is 5.78 Å². The second-order valence-corrected chi connectivity index (χ2v) is 3.75. The molecule has 0 fully saturated rings. The van der Waals surface area contributed by atoms with Crippen molar-refractivity contribution < 1.29 is 4.79 Å². The number of nitrogens with zero attached hydrogens (tertiary/aromatic N) is 1. The Morgan fingerprint density at radius 2 is 2.23 bits per heavy atom. The predicted octanol–water partition coefficient (Wildman–Crippen LogP) is 2.47. The van der Waals surface area contributed by atoms with E-state index >= 15 is 0 Å². The van der Waals surface area contributed by atoms with Crippen LogP contribution in [0.5, 0.6) is 0 Å². The third kappa shape index (κ3) is 1.37. The lowest BCUT2D eigenvalue weighted by Gasteiger charge is -2.20. The molecule has 1 heterocycles. The Hall–Kier alpha value is -1.18. The summed E-state index contributed by atoms with van der Waals surface area (Å²) in [5.41, 5.74) is 2.77. The Morgan fingerprint density at radius 1 is 1.46 bits per heavy atom. The summed E-state index contributed by atoms with van der Waals surface area (Å²) in [4.78, 5) is 15.8. The minimum atomic E-state index is 0.205. The highest BCUT2D eigenvalue weighted by Gasteiger charge is 2.23. The van der Waals surface area contributed by atoms with Crippen molar-refractivity contribution in [1.82, 2.24) is 4.98 Å². The molecule has 68 valence electrons. The van der Waals surface area contributed by atoms with Crippen LogP contribution in [-0.2, 0) is 0 Å². The zero-order valence-corrected chi connectivity index (χ0v) is 8.00. The van der Waals surface area contributed by atoms with E-state index in [4.69, 9.17) is 0 Å². The van der Waals surface area contributed by atoms with Crippen molar-refractivity contribution in [2.45, 2.75) is 32.6 Å². The Kier molecular flexibility index (Phi) is 1.91. The number of ketones is 1. The first kappa shape index (κ1) is 8.42. The summed E-state index contributed by atoms with van der Waals surface area (Å²) in [6, 6.07) is 4.02. The first-order valence-corrected chi connectivity index (χ1v) is 4.69. The van der Waals surface area contributed by atoms with Gasteiger partial charge in [0.2, 0.25) is 0 Å². The molecule has 1 aromatic heterocycles. The lowest BCUT2D eigenvalue weighted by atomic mass is 9.86. The highest BCUT2D eigenvalue weighted by atomic mass is 16.1. The van der Waals surface area contributed by atoms with E-state index in [2.05, 4.69) is 11.9 Å². The molecule has 0 aliphatic heterocycles. The first-order chi connectivity index (χ1) is 6.18. The Bertz CT molecular complexity index is 357. The molecule has 1 aliphatic rings. The van der Waals surface area contributed by atoms with Crippen LogP contribution >= 0.6 is 0 Å². The van der Waals surface area contributed by atoms with Crippen LogP contribution in [0.1, 0.15) is 47.4 Å². The van der Waals surface area contributed by atoms with Gasteiger partial charge in [-0.3, -0.25) is 4.79 Å². The second-order valence-electron chi connectivity index (χ2n) is 3.75. The fraction of sp³-hybridized carbons (Fsp3) is 0.455. The van der Waals surface area contributed by atoms with E-state index in [1.54, 1.807) is 0 Å². The molecule has 0 saturated heterocycles. The molecule has 1 unspecified atom stereocenters. The lowest BCUT2D eigenvalue weighted by Crippen LogP contribution is -2.16. The molecule has 13 heavy (non-hydrogen) atoms. The molecule has 1 aromatic rings. The number of pyridine rings is 1. The summed E-state index contributed by atoms with van der Waals surface area (Å²) in [5, 5.41) is 0. The first-order valence-electron chi connectivity index (χ1n) is 4.69. The number of aromatic nitrogens is 1. The van der Waals surface area contributed by atoms with Gasteiger partial charge >= 0.3 is 0 Å². The average Bonchev–Trinajstić information content (AvgIpc) is 2.12. The maximum absolute atomic E-state index is 11.5. The number of fused-ring (bicyclic) bond motifs is 1. The number of rotatable bonds is 0. The summed E-state index contributed by atoms with van der Waals surface area (Å²) < 4.78 is 0. The van der Waals surface area contributed by atoms with Crippen molar-refractivity contribution in [3.8, 4) is 0 Å². The molecule has 0 saturated carbocycles. The zero-order chi connectivity index (χ0) is 9.42. The molecular weight excluding hydrogens is 162 g/mol. The molecule has 1 aliphatic carbocycles. The Balaban J connectivity index is 2.57. The quantitative estimate of drug-likeness (QED) is 0.606. The number of carbonyl (C=O) groups is 1. The monoisotopic (exact) mass is 175 g/mol. The van der Waals surface area contributed by atoms with Crippen LogP contribution in [0.25, 0.3) is 0 Å². The molecule has 0 radical (unpaired) electrons. The van der Waals surface area contributed by atoms with Crippen LogP contribution in [0.15, 0.2) is 12.1 Å². The Morgan fingerprint density at radius 3 is 3.00 bits per heavy atom. The van der Waals surface area contributed by atoms with Gasteiger partial charge in [0.1, 0.15) is 5.69 Å². The molecule has 0 bridgehead atoms. The van der Waals surface area contributed by atoms with Gasteiger partial charge in [0.25, 0.3) is 0 Å². The van der Waals surface area contributed by atoms with Gasteiger partial charge in [-0.25, -0.2) is 4.98 Å². The predicted molar refractivity (Wildman–Crippen MR) is 51.0 cm³/mol. The van der Waals surface area contributed by atoms with Crippen molar-refractivity contribution in [2.75, 3.05) is 0 Å². The molecule has 0 spiro atoms. The maximum Gasteiger partial charge on any atom is 0.181 e. The van der Waals surface area contributed by atoms with Gasteiger partial charge < -0.3 is 0 Å². The smallest absolute Gasteiger partial charge is 0.181 e. The normalized spacial score (nSPS) is 21.4. The van der Waals surface area contributed by atoms with Crippen molar-refractivity contribution >= 4 is 5.78 Å². The maximum atomic E-state index is 11.5. The van der Waals surface area contributed by atoms with Crippen molar-refractivity contribution in [2.24, 2.45) is 0 Å². The van der Waals surface area contributed by atoms with Crippen LogP contribution in [-0.4, -0.2) is 10.8 Å². The van der Waals surface area contributed by atoms with E-state index in [1.807, 2.05) is 19.1 Å². The molecule has 1 atom stereocenters. The highest BCUT2D eigenvalue weighted by Crippen LogP contribution is 2.29. The molecule has 2 nitrogen and oxygen atoms in total. The number of hydrogen-bond acceptors (Lipinski definition) is 2.